The van der Waals surface area contributed by atoms with Crippen LogP contribution in [0.3, 0.4) is 0 Å². The third-order valence-corrected chi connectivity index (χ3v) is 4.98. The van der Waals surface area contributed by atoms with Gasteiger partial charge in [-0.05, 0) is 24.6 Å². The van der Waals surface area contributed by atoms with Crippen LogP contribution in [0, 0.1) is 0 Å². The Kier molecular flexibility index (Phi) is 3.79. The Hall–Kier alpha value is -3.49. The fraction of sp³-hybridized carbons (Fsp3) is 0.278. The maximum atomic E-state index is 12.9. The fourth-order valence-electron chi connectivity index (χ4n) is 3.41. The minimum Gasteiger partial charge on any atom is -0.334 e. The topological polar surface area (TPSA) is 124 Å². The van der Waals surface area contributed by atoms with Gasteiger partial charge in [-0.15, -0.1) is 0 Å². The van der Waals surface area contributed by atoms with Gasteiger partial charge >= 0.3 is 6.03 Å². The summed E-state index contributed by atoms with van der Waals surface area (Å²) in [5, 5.41) is 11.2. The molecule has 0 bridgehead atoms. The molecule has 0 saturated carbocycles. The highest BCUT2D eigenvalue weighted by atomic mass is 16.2. The monoisotopic (exact) mass is 367 g/mol. The maximum absolute atomic E-state index is 12.9. The van der Waals surface area contributed by atoms with Gasteiger partial charge in [-0.25, -0.2) is 9.89 Å². The van der Waals surface area contributed by atoms with Crippen LogP contribution < -0.4 is 16.2 Å². The molecule has 3 N–H and O–H groups in total. The van der Waals surface area contributed by atoms with Crippen molar-refractivity contribution in [3.63, 3.8) is 0 Å². The molecule has 1 unspecified atom stereocenters. The van der Waals surface area contributed by atoms with Gasteiger partial charge in [0, 0.05) is 36.7 Å². The third-order valence-electron chi connectivity index (χ3n) is 4.98. The molecule has 2 aliphatic rings. The van der Waals surface area contributed by atoms with Crippen LogP contribution in [0.25, 0.3) is 0 Å². The van der Waals surface area contributed by atoms with Crippen molar-refractivity contribution in [1.82, 2.24) is 25.7 Å². The minimum atomic E-state index is -1.22. The molecule has 1 saturated heterocycles. The molecule has 0 radical (unpaired) electrons. The van der Waals surface area contributed by atoms with Gasteiger partial charge in [-0.1, -0.05) is 12.1 Å². The number of nitrogens with one attached hydrogen (secondary N) is 3. The predicted molar refractivity (Wildman–Crippen MR) is 93.8 cm³/mol. The lowest BCUT2D eigenvalue weighted by Gasteiger charge is -2.28. The molecular formula is C18H17N5O4. The predicted octanol–water partition coefficient (Wildman–Crippen LogP) is 0.0230. The summed E-state index contributed by atoms with van der Waals surface area (Å²) in [4.78, 5) is 49.7. The first-order chi connectivity index (χ1) is 12.9. The Morgan fingerprint density at radius 1 is 1.22 bits per heavy atom. The van der Waals surface area contributed by atoms with E-state index in [1.165, 1.54) is 6.07 Å². The average molecular weight is 367 g/mol. The van der Waals surface area contributed by atoms with Crippen molar-refractivity contribution in [2.45, 2.75) is 25.4 Å². The Bertz CT molecular complexity index is 1030. The largest absolute Gasteiger partial charge is 0.334 e. The first-order valence-corrected chi connectivity index (χ1v) is 8.48. The Balaban J connectivity index is 1.61. The van der Waals surface area contributed by atoms with E-state index >= 15 is 0 Å². The van der Waals surface area contributed by atoms with E-state index in [2.05, 4.69) is 20.8 Å². The SMILES string of the molecule is CC1(c2cccc(C(=O)N3CCc4n[nH]c(=O)cc4C3)c2)NC(=O)NC1=O. The molecule has 2 aliphatic heterocycles. The van der Waals surface area contributed by atoms with Crippen molar-refractivity contribution < 1.29 is 14.4 Å². The third kappa shape index (κ3) is 2.86. The minimum absolute atomic E-state index is 0.212. The zero-order valence-corrected chi connectivity index (χ0v) is 14.5. The average Bonchev–Trinajstić information content (AvgIpc) is 2.93. The molecule has 1 aromatic carbocycles. The van der Waals surface area contributed by atoms with E-state index in [4.69, 9.17) is 0 Å². The fourth-order valence-corrected chi connectivity index (χ4v) is 3.41. The molecule has 0 aliphatic carbocycles. The molecular weight excluding hydrogens is 350 g/mol. The number of H-pyrrole nitrogens is 1. The normalized spacial score (nSPS) is 21.4. The Morgan fingerprint density at radius 2 is 2.04 bits per heavy atom. The number of amides is 4. The van der Waals surface area contributed by atoms with Crippen molar-refractivity contribution in [3.05, 3.63) is 63.1 Å². The number of aromatic amines is 1. The number of carbonyl (C=O) groups excluding carboxylic acids is 3. The highest BCUT2D eigenvalue weighted by Gasteiger charge is 2.43. The second-order valence-electron chi connectivity index (χ2n) is 6.79. The lowest BCUT2D eigenvalue weighted by Crippen LogP contribution is -2.41. The first kappa shape index (κ1) is 17.0. The number of carbonyl (C=O) groups is 3. The second kappa shape index (κ2) is 6.04. The molecule has 4 rings (SSSR count). The van der Waals surface area contributed by atoms with Gasteiger partial charge in [0.05, 0.1) is 5.69 Å². The summed E-state index contributed by atoms with van der Waals surface area (Å²) in [6.07, 6.45) is 0.549. The van der Waals surface area contributed by atoms with Crippen molar-refractivity contribution in [3.8, 4) is 0 Å². The molecule has 9 heteroatoms. The van der Waals surface area contributed by atoms with Crippen molar-refractivity contribution in [2.24, 2.45) is 0 Å². The van der Waals surface area contributed by atoms with Crippen LogP contribution >= 0.6 is 0 Å². The Labute approximate surface area is 153 Å². The lowest BCUT2D eigenvalue weighted by molar-refractivity contribution is -0.123. The quantitative estimate of drug-likeness (QED) is 0.646. The van der Waals surface area contributed by atoms with E-state index in [9.17, 15) is 19.2 Å². The first-order valence-electron chi connectivity index (χ1n) is 8.48. The molecule has 1 aromatic heterocycles. The highest BCUT2D eigenvalue weighted by Crippen LogP contribution is 2.26. The summed E-state index contributed by atoms with van der Waals surface area (Å²) in [6, 6.07) is 7.53. The van der Waals surface area contributed by atoms with Crippen LogP contribution in [0.4, 0.5) is 4.79 Å². The number of urea groups is 1. The van der Waals surface area contributed by atoms with Gasteiger partial charge in [0.15, 0.2) is 0 Å². The van der Waals surface area contributed by atoms with E-state index in [1.807, 2.05) is 0 Å². The van der Waals surface area contributed by atoms with Crippen molar-refractivity contribution in [2.75, 3.05) is 6.54 Å². The van der Waals surface area contributed by atoms with Crippen molar-refractivity contribution in [1.29, 1.82) is 0 Å². The molecule has 1 atom stereocenters. The summed E-state index contributed by atoms with van der Waals surface area (Å²) in [5.41, 5.74) is 0.908. The van der Waals surface area contributed by atoms with Crippen LogP contribution in [0.1, 0.15) is 34.1 Å². The van der Waals surface area contributed by atoms with Crippen LogP contribution in [0.5, 0.6) is 0 Å². The van der Waals surface area contributed by atoms with E-state index in [0.717, 1.165) is 11.3 Å². The van der Waals surface area contributed by atoms with Gasteiger partial charge < -0.3 is 10.2 Å². The number of rotatable bonds is 2. The smallest absolute Gasteiger partial charge is 0.322 e. The van der Waals surface area contributed by atoms with Gasteiger partial charge in [0.2, 0.25) is 0 Å². The summed E-state index contributed by atoms with van der Waals surface area (Å²) in [7, 11) is 0. The molecule has 0 spiro atoms. The van der Waals surface area contributed by atoms with Crippen LogP contribution in [-0.4, -0.2) is 39.5 Å². The maximum Gasteiger partial charge on any atom is 0.322 e. The van der Waals surface area contributed by atoms with Crippen LogP contribution in [0.2, 0.25) is 0 Å². The second-order valence-corrected chi connectivity index (χ2v) is 6.79. The molecule has 27 heavy (non-hydrogen) atoms. The number of fused-ring (bicyclic) bond motifs is 1. The van der Waals surface area contributed by atoms with E-state index in [0.29, 0.717) is 30.6 Å². The molecule has 9 nitrogen and oxygen atoms in total. The number of imide groups is 1. The van der Waals surface area contributed by atoms with Gasteiger partial charge in [-0.3, -0.25) is 19.7 Å². The summed E-state index contributed by atoms with van der Waals surface area (Å²) in [6.45, 7) is 2.36. The summed E-state index contributed by atoms with van der Waals surface area (Å²) < 4.78 is 0. The lowest BCUT2D eigenvalue weighted by atomic mass is 9.90. The molecule has 1 fully saturated rings. The van der Waals surface area contributed by atoms with Gasteiger partial charge in [0.25, 0.3) is 17.4 Å². The molecule has 2 aromatic rings. The Morgan fingerprint density at radius 3 is 2.78 bits per heavy atom. The van der Waals surface area contributed by atoms with Gasteiger partial charge in [0.1, 0.15) is 5.54 Å². The zero-order valence-electron chi connectivity index (χ0n) is 14.5. The van der Waals surface area contributed by atoms with Crippen LogP contribution in [0.15, 0.2) is 35.1 Å². The summed E-state index contributed by atoms with van der Waals surface area (Å²) >= 11 is 0. The standard InChI is InChI=1S/C18H17N5O4/c1-18(16(26)19-17(27)20-18)12-4-2-3-10(7-12)15(25)23-6-5-13-11(9-23)8-14(24)22-21-13/h2-4,7-8H,5-6,9H2,1H3,(H,22,24)(H2,19,20,26,27). The van der Waals surface area contributed by atoms with Gasteiger partial charge in [-0.2, -0.15) is 5.10 Å². The molecule has 3 heterocycles. The zero-order chi connectivity index (χ0) is 19.2. The van der Waals surface area contributed by atoms with Crippen molar-refractivity contribution >= 4 is 17.8 Å². The summed E-state index contributed by atoms with van der Waals surface area (Å²) in [5.74, 6) is -0.676. The van der Waals surface area contributed by atoms with E-state index in [1.54, 1.807) is 36.1 Å². The number of hydrogen-bond acceptors (Lipinski definition) is 5. The van der Waals surface area contributed by atoms with E-state index < -0.39 is 17.5 Å². The number of aromatic nitrogens is 2. The molecule has 4 amide bonds. The highest BCUT2D eigenvalue weighted by molar-refractivity contribution is 6.07. The number of benzene rings is 1. The van der Waals surface area contributed by atoms with Crippen LogP contribution in [-0.2, 0) is 23.3 Å². The number of nitrogens with zero attached hydrogens (tertiary/aromatic N) is 2. The van der Waals surface area contributed by atoms with E-state index in [-0.39, 0.29) is 11.5 Å². The number of hydrogen-bond donors (Lipinski definition) is 3. The molecule has 138 valence electrons.